The summed E-state index contributed by atoms with van der Waals surface area (Å²) in [5, 5.41) is 2.63. The average molecular weight is 584 g/mol. The van der Waals surface area contributed by atoms with Gasteiger partial charge in [0.1, 0.15) is 22.3 Å². The van der Waals surface area contributed by atoms with Crippen LogP contribution in [-0.2, 0) is 11.2 Å². The summed E-state index contributed by atoms with van der Waals surface area (Å²) in [4.78, 5) is 26.4. The Morgan fingerprint density at radius 2 is 1.69 bits per heavy atom. The van der Waals surface area contributed by atoms with Crippen LogP contribution in [0.3, 0.4) is 0 Å². The van der Waals surface area contributed by atoms with Crippen LogP contribution < -0.4 is 4.90 Å². The Bertz CT molecular complexity index is 1800. The molecule has 1 aliphatic carbocycles. The maximum absolute atomic E-state index is 16.2. The molecule has 1 amide bonds. The minimum Gasteiger partial charge on any atom is -0.367 e. The fraction of sp³-hybridized carbons (Fsp3) is 0.303. The number of hydrogen-bond acceptors (Lipinski definition) is 5. The molecule has 0 N–H and O–H groups in total. The largest absolute Gasteiger partial charge is 0.367 e. The van der Waals surface area contributed by atoms with E-state index in [-0.39, 0.29) is 17.6 Å². The molecule has 0 unspecified atom stereocenters. The molecule has 2 fully saturated rings. The van der Waals surface area contributed by atoms with Gasteiger partial charge in [-0.1, -0.05) is 13.0 Å². The molecule has 42 heavy (non-hydrogen) atoms. The van der Waals surface area contributed by atoms with Crippen LogP contribution >= 0.6 is 11.3 Å². The summed E-state index contributed by atoms with van der Waals surface area (Å²) in [7, 11) is 0. The number of piperazine rings is 1. The molecule has 6 nitrogen and oxygen atoms in total. The molecule has 2 aliphatic rings. The number of nitrogens with zero attached hydrogens (tertiary/aromatic N) is 5. The third-order valence-electron chi connectivity index (χ3n) is 8.41. The fourth-order valence-corrected chi connectivity index (χ4v) is 6.74. The van der Waals surface area contributed by atoms with E-state index < -0.39 is 0 Å². The van der Waals surface area contributed by atoms with E-state index in [1.165, 1.54) is 23.5 Å². The predicted octanol–water partition coefficient (Wildman–Crippen LogP) is 7.00. The van der Waals surface area contributed by atoms with Gasteiger partial charge in [-0.3, -0.25) is 9.20 Å². The summed E-state index contributed by atoms with van der Waals surface area (Å²) in [5.41, 5.74) is 6.73. The lowest BCUT2D eigenvalue weighted by molar-refractivity contribution is -0.132. The summed E-state index contributed by atoms with van der Waals surface area (Å²) < 4.78 is 31.6. The van der Waals surface area contributed by atoms with Gasteiger partial charge >= 0.3 is 0 Å². The Morgan fingerprint density at radius 1 is 0.952 bits per heavy atom. The molecule has 1 saturated carbocycles. The number of anilines is 1. The SMILES string of the molecule is CCc1nc2ccc(N3CCN(C(=O)C4CC4)CC3)cn2c1-c1ccc(-c2nc(-c3ccc(F)cc3)cs2)c(C)c1F. The number of pyridine rings is 1. The molecular weight excluding hydrogens is 552 g/mol. The zero-order chi connectivity index (χ0) is 29.0. The van der Waals surface area contributed by atoms with Crippen LogP contribution in [0.5, 0.6) is 0 Å². The molecule has 2 aromatic carbocycles. The lowest BCUT2D eigenvalue weighted by Crippen LogP contribution is -2.49. The van der Waals surface area contributed by atoms with Gasteiger partial charge < -0.3 is 9.80 Å². The van der Waals surface area contributed by atoms with Crippen LogP contribution in [-0.4, -0.2) is 51.4 Å². The lowest BCUT2D eigenvalue weighted by atomic mass is 10.0. The standard InChI is InChI=1S/C33H31F2N5OS/c1-3-27-31(40-18-24(10-13-29(40)36-27)38-14-16-39(17-15-38)33(41)22-4-5-22)26-12-11-25(20(2)30(26)35)32-37-28(19-42-32)21-6-8-23(34)9-7-21/h6-13,18-19,22H,3-5,14-17H2,1-2H3. The van der Waals surface area contributed by atoms with Crippen molar-refractivity contribution >= 4 is 28.6 Å². The summed E-state index contributed by atoms with van der Waals surface area (Å²) in [6, 6.07) is 14.0. The van der Waals surface area contributed by atoms with Crippen LogP contribution in [0.2, 0.25) is 0 Å². The van der Waals surface area contributed by atoms with E-state index in [2.05, 4.69) is 11.0 Å². The Kier molecular flexibility index (Phi) is 6.77. The third-order valence-corrected chi connectivity index (χ3v) is 9.28. The van der Waals surface area contributed by atoms with Crippen molar-refractivity contribution in [3.8, 4) is 33.1 Å². The van der Waals surface area contributed by atoms with Gasteiger partial charge in [-0.15, -0.1) is 11.3 Å². The highest BCUT2D eigenvalue weighted by molar-refractivity contribution is 7.13. The first-order valence-corrected chi connectivity index (χ1v) is 15.3. The zero-order valence-electron chi connectivity index (χ0n) is 23.6. The monoisotopic (exact) mass is 583 g/mol. The van der Waals surface area contributed by atoms with Gasteiger partial charge in [-0.2, -0.15) is 0 Å². The van der Waals surface area contributed by atoms with Crippen molar-refractivity contribution in [2.75, 3.05) is 31.1 Å². The number of rotatable bonds is 6. The highest BCUT2D eigenvalue weighted by Gasteiger charge is 2.34. The molecule has 0 atom stereocenters. The van der Waals surface area contributed by atoms with Crippen molar-refractivity contribution < 1.29 is 13.6 Å². The number of benzene rings is 2. The number of thiazole rings is 1. The van der Waals surface area contributed by atoms with Crippen LogP contribution in [0.4, 0.5) is 14.5 Å². The number of aryl methyl sites for hydroxylation is 1. The van der Waals surface area contributed by atoms with Gasteiger partial charge in [0.05, 0.1) is 22.8 Å². The van der Waals surface area contributed by atoms with Crippen molar-refractivity contribution in [3.05, 3.63) is 83.0 Å². The Morgan fingerprint density at radius 3 is 2.40 bits per heavy atom. The molecule has 0 bridgehead atoms. The topological polar surface area (TPSA) is 53.7 Å². The molecule has 0 radical (unpaired) electrons. The molecule has 0 spiro atoms. The summed E-state index contributed by atoms with van der Waals surface area (Å²) in [6.45, 7) is 6.80. The van der Waals surface area contributed by atoms with E-state index in [0.29, 0.717) is 28.5 Å². The molecule has 4 heterocycles. The molecule has 7 rings (SSSR count). The highest BCUT2D eigenvalue weighted by Crippen LogP contribution is 2.37. The molecule has 1 saturated heterocycles. The molecule has 214 valence electrons. The van der Waals surface area contributed by atoms with E-state index in [4.69, 9.17) is 9.97 Å². The Hall–Kier alpha value is -4.11. The van der Waals surface area contributed by atoms with Crippen molar-refractivity contribution in [1.82, 2.24) is 19.3 Å². The zero-order valence-corrected chi connectivity index (χ0v) is 24.4. The van der Waals surface area contributed by atoms with Gasteiger partial charge in [0.2, 0.25) is 5.91 Å². The van der Waals surface area contributed by atoms with E-state index in [1.54, 1.807) is 19.1 Å². The Labute approximate surface area is 247 Å². The van der Waals surface area contributed by atoms with Crippen molar-refractivity contribution in [2.24, 2.45) is 5.92 Å². The first kappa shape index (κ1) is 26.8. The highest BCUT2D eigenvalue weighted by atomic mass is 32.1. The minimum absolute atomic E-state index is 0.242. The van der Waals surface area contributed by atoms with Crippen LogP contribution in [0, 0.1) is 24.5 Å². The number of carbonyl (C=O) groups is 1. The van der Waals surface area contributed by atoms with Crippen molar-refractivity contribution in [3.63, 3.8) is 0 Å². The molecule has 1 aliphatic heterocycles. The average Bonchev–Trinajstić information content (AvgIpc) is 3.64. The van der Waals surface area contributed by atoms with Gasteiger partial charge in [-0.25, -0.2) is 18.7 Å². The second-order valence-electron chi connectivity index (χ2n) is 11.1. The van der Waals surface area contributed by atoms with E-state index in [1.807, 2.05) is 46.0 Å². The number of amides is 1. The van der Waals surface area contributed by atoms with Crippen molar-refractivity contribution in [2.45, 2.75) is 33.1 Å². The number of imidazole rings is 1. The molecule has 9 heteroatoms. The first-order chi connectivity index (χ1) is 20.4. The summed E-state index contributed by atoms with van der Waals surface area (Å²) in [5.74, 6) is -0.0453. The second kappa shape index (κ2) is 10.6. The van der Waals surface area contributed by atoms with Crippen LogP contribution in [0.15, 0.2) is 60.1 Å². The van der Waals surface area contributed by atoms with Crippen molar-refractivity contribution in [1.29, 1.82) is 0 Å². The van der Waals surface area contributed by atoms with Gasteiger partial charge in [0.15, 0.2) is 0 Å². The lowest BCUT2D eigenvalue weighted by Gasteiger charge is -2.36. The summed E-state index contributed by atoms with van der Waals surface area (Å²) >= 11 is 1.44. The molecule has 3 aromatic heterocycles. The number of halogens is 2. The predicted molar refractivity (Wildman–Crippen MR) is 163 cm³/mol. The quantitative estimate of drug-likeness (QED) is 0.216. The smallest absolute Gasteiger partial charge is 0.225 e. The number of fused-ring (bicyclic) bond motifs is 1. The normalized spacial score (nSPS) is 15.5. The maximum Gasteiger partial charge on any atom is 0.225 e. The Balaban J connectivity index is 1.21. The van der Waals surface area contributed by atoms with E-state index >= 15 is 4.39 Å². The first-order valence-electron chi connectivity index (χ1n) is 14.5. The van der Waals surface area contributed by atoms with Gasteiger partial charge in [-0.05, 0) is 74.2 Å². The number of hydrogen-bond donors (Lipinski definition) is 0. The van der Waals surface area contributed by atoms with E-state index in [0.717, 1.165) is 78.6 Å². The fourth-order valence-electron chi connectivity index (χ4n) is 5.82. The van der Waals surface area contributed by atoms with Gasteiger partial charge in [0.25, 0.3) is 0 Å². The van der Waals surface area contributed by atoms with Crippen LogP contribution in [0.25, 0.3) is 38.7 Å². The van der Waals surface area contributed by atoms with Gasteiger partial charge in [0, 0.05) is 60.4 Å². The molecule has 5 aromatic rings. The summed E-state index contributed by atoms with van der Waals surface area (Å²) in [6.07, 6.45) is 4.77. The maximum atomic E-state index is 16.2. The second-order valence-corrected chi connectivity index (χ2v) is 12.0. The number of carbonyl (C=O) groups excluding carboxylic acids is 1. The van der Waals surface area contributed by atoms with Crippen LogP contribution in [0.1, 0.15) is 31.0 Å². The molecular formula is C33H31F2N5OS. The number of aromatic nitrogens is 3. The minimum atomic E-state index is -0.295. The third kappa shape index (κ3) is 4.75. The van der Waals surface area contributed by atoms with E-state index in [9.17, 15) is 9.18 Å².